The van der Waals surface area contributed by atoms with E-state index in [0.717, 1.165) is 11.3 Å². The van der Waals surface area contributed by atoms with Gasteiger partial charge in [-0.3, -0.25) is 0 Å². The molecule has 0 aliphatic carbocycles. The maximum Gasteiger partial charge on any atom is 0.119 e. The first-order valence-corrected chi connectivity index (χ1v) is 5.29. The number of hydrogen-bond donors (Lipinski definition) is 1. The highest BCUT2D eigenvalue weighted by atomic mass is 16.5. The summed E-state index contributed by atoms with van der Waals surface area (Å²) in [5.74, 6) is 0.746. The molecule has 0 saturated carbocycles. The molecule has 1 rings (SSSR count). The van der Waals surface area contributed by atoms with Crippen molar-refractivity contribution >= 4 is 5.76 Å². The minimum absolute atomic E-state index is 0.304. The Bertz CT molecular complexity index is 333. The van der Waals surface area contributed by atoms with E-state index < -0.39 is 0 Å². The third kappa shape index (κ3) is 2.83. The average Bonchev–Trinajstić information content (AvgIpc) is 2.28. The first-order chi connectivity index (χ1) is 7.20. The van der Waals surface area contributed by atoms with Crippen molar-refractivity contribution in [3.8, 4) is 0 Å². The zero-order chi connectivity index (χ0) is 11.3. The zero-order valence-corrected chi connectivity index (χ0v) is 9.71. The Kier molecular flexibility index (Phi) is 4.37. The van der Waals surface area contributed by atoms with E-state index in [4.69, 9.17) is 4.74 Å². The molecule has 1 aromatic rings. The van der Waals surface area contributed by atoms with E-state index in [1.54, 1.807) is 0 Å². The van der Waals surface area contributed by atoms with E-state index in [2.05, 4.69) is 24.9 Å². The van der Waals surface area contributed by atoms with Crippen molar-refractivity contribution in [2.24, 2.45) is 0 Å². The first kappa shape index (κ1) is 11.8. The molecular weight excluding hydrogens is 186 g/mol. The summed E-state index contributed by atoms with van der Waals surface area (Å²) in [7, 11) is 1.95. The van der Waals surface area contributed by atoms with Crippen molar-refractivity contribution in [2.75, 3.05) is 13.7 Å². The van der Waals surface area contributed by atoms with Gasteiger partial charge < -0.3 is 10.1 Å². The van der Waals surface area contributed by atoms with Crippen LogP contribution in [0.25, 0.3) is 5.76 Å². The molecule has 0 bridgehead atoms. The van der Waals surface area contributed by atoms with E-state index in [-0.39, 0.29) is 0 Å². The molecule has 0 aliphatic rings. The largest absolute Gasteiger partial charge is 0.494 e. The van der Waals surface area contributed by atoms with Crippen molar-refractivity contribution in [1.29, 1.82) is 0 Å². The molecular formula is C13H19NO. The highest BCUT2D eigenvalue weighted by Crippen LogP contribution is 2.23. The number of benzene rings is 1. The molecule has 0 aromatic heterocycles. The average molecular weight is 205 g/mol. The monoisotopic (exact) mass is 205 g/mol. The van der Waals surface area contributed by atoms with Crippen LogP contribution < -0.4 is 5.32 Å². The summed E-state index contributed by atoms with van der Waals surface area (Å²) < 4.78 is 5.44. The fourth-order valence-corrected chi connectivity index (χ4v) is 1.54. The Hall–Kier alpha value is -1.28. The number of rotatable bonds is 5. The van der Waals surface area contributed by atoms with Crippen molar-refractivity contribution in [3.05, 3.63) is 42.0 Å². The lowest BCUT2D eigenvalue weighted by atomic mass is 10.0. The summed E-state index contributed by atoms with van der Waals surface area (Å²) in [6.07, 6.45) is 0. The van der Waals surface area contributed by atoms with Crippen LogP contribution in [0.15, 0.2) is 30.8 Å². The molecule has 2 heteroatoms. The van der Waals surface area contributed by atoms with Gasteiger partial charge in [-0.05, 0) is 26.5 Å². The van der Waals surface area contributed by atoms with E-state index in [9.17, 15) is 0 Å². The lowest BCUT2D eigenvalue weighted by Gasteiger charge is -2.17. The lowest BCUT2D eigenvalue weighted by Crippen LogP contribution is -2.14. The van der Waals surface area contributed by atoms with Crippen LogP contribution in [0.4, 0.5) is 0 Å². The standard InChI is InChI=1S/C13H19NO/c1-5-15-11(3)13-9-7-6-8-12(13)10(2)14-4/h6-10,14H,3,5H2,1-2,4H3. The summed E-state index contributed by atoms with van der Waals surface area (Å²) in [5, 5.41) is 3.22. The molecule has 0 saturated heterocycles. The summed E-state index contributed by atoms with van der Waals surface area (Å²) in [5.41, 5.74) is 2.31. The third-order valence-electron chi connectivity index (χ3n) is 2.48. The number of nitrogens with one attached hydrogen (secondary N) is 1. The molecule has 1 aromatic carbocycles. The zero-order valence-electron chi connectivity index (χ0n) is 9.71. The highest BCUT2D eigenvalue weighted by molar-refractivity contribution is 5.61. The molecule has 0 radical (unpaired) electrons. The lowest BCUT2D eigenvalue weighted by molar-refractivity contribution is 0.298. The number of ether oxygens (including phenoxy) is 1. The van der Waals surface area contributed by atoms with Gasteiger partial charge in [0.05, 0.1) is 6.61 Å². The van der Waals surface area contributed by atoms with Gasteiger partial charge in [0.25, 0.3) is 0 Å². The van der Waals surface area contributed by atoms with Gasteiger partial charge in [-0.2, -0.15) is 0 Å². The van der Waals surface area contributed by atoms with Crippen LogP contribution in [0.1, 0.15) is 31.0 Å². The van der Waals surface area contributed by atoms with Gasteiger partial charge in [0.1, 0.15) is 5.76 Å². The Morgan fingerprint density at radius 3 is 2.73 bits per heavy atom. The topological polar surface area (TPSA) is 21.3 Å². The predicted molar refractivity (Wildman–Crippen MR) is 64.6 cm³/mol. The molecule has 1 unspecified atom stereocenters. The van der Waals surface area contributed by atoms with E-state index in [1.165, 1.54) is 5.56 Å². The van der Waals surface area contributed by atoms with Gasteiger partial charge in [-0.15, -0.1) is 0 Å². The van der Waals surface area contributed by atoms with Crippen LogP contribution in [0, 0.1) is 0 Å². The molecule has 0 aliphatic heterocycles. The summed E-state index contributed by atoms with van der Waals surface area (Å²) in [4.78, 5) is 0. The fraction of sp³-hybridized carbons (Fsp3) is 0.385. The summed E-state index contributed by atoms with van der Waals surface area (Å²) in [6.45, 7) is 8.69. The third-order valence-corrected chi connectivity index (χ3v) is 2.48. The van der Waals surface area contributed by atoms with E-state index >= 15 is 0 Å². The molecule has 0 heterocycles. The van der Waals surface area contributed by atoms with Gasteiger partial charge >= 0.3 is 0 Å². The molecule has 1 N–H and O–H groups in total. The molecule has 0 spiro atoms. The van der Waals surface area contributed by atoms with Crippen LogP contribution in [0.2, 0.25) is 0 Å². The minimum Gasteiger partial charge on any atom is -0.494 e. The first-order valence-electron chi connectivity index (χ1n) is 5.29. The molecule has 0 amide bonds. The van der Waals surface area contributed by atoms with Gasteiger partial charge in [-0.1, -0.05) is 30.8 Å². The van der Waals surface area contributed by atoms with Crippen LogP contribution in [-0.4, -0.2) is 13.7 Å². The Morgan fingerprint density at radius 1 is 1.47 bits per heavy atom. The SMILES string of the molecule is C=C(OCC)c1ccccc1C(C)NC. The van der Waals surface area contributed by atoms with Crippen LogP contribution in [0.5, 0.6) is 0 Å². The molecule has 2 nitrogen and oxygen atoms in total. The van der Waals surface area contributed by atoms with Crippen molar-refractivity contribution < 1.29 is 4.74 Å². The van der Waals surface area contributed by atoms with E-state index in [0.29, 0.717) is 12.6 Å². The molecule has 15 heavy (non-hydrogen) atoms. The molecule has 82 valence electrons. The second-order valence-electron chi connectivity index (χ2n) is 3.45. The molecule has 0 fully saturated rings. The van der Waals surface area contributed by atoms with E-state index in [1.807, 2.05) is 32.2 Å². The summed E-state index contributed by atoms with van der Waals surface area (Å²) >= 11 is 0. The minimum atomic E-state index is 0.304. The van der Waals surface area contributed by atoms with Crippen molar-refractivity contribution in [3.63, 3.8) is 0 Å². The Labute approximate surface area is 92.0 Å². The van der Waals surface area contributed by atoms with Gasteiger partial charge in [0.15, 0.2) is 0 Å². The smallest absolute Gasteiger partial charge is 0.119 e. The number of hydrogen-bond acceptors (Lipinski definition) is 2. The fourth-order valence-electron chi connectivity index (χ4n) is 1.54. The molecule has 1 atom stereocenters. The second-order valence-corrected chi connectivity index (χ2v) is 3.45. The van der Waals surface area contributed by atoms with Gasteiger partial charge in [-0.25, -0.2) is 0 Å². The quantitative estimate of drug-likeness (QED) is 0.746. The predicted octanol–water partition coefficient (Wildman–Crippen LogP) is 2.97. The summed E-state index contributed by atoms with van der Waals surface area (Å²) in [6, 6.07) is 8.48. The van der Waals surface area contributed by atoms with Crippen molar-refractivity contribution in [2.45, 2.75) is 19.9 Å². The second kappa shape index (κ2) is 5.56. The van der Waals surface area contributed by atoms with Crippen LogP contribution in [-0.2, 0) is 4.74 Å². The van der Waals surface area contributed by atoms with Gasteiger partial charge in [0, 0.05) is 11.6 Å². The highest BCUT2D eigenvalue weighted by Gasteiger charge is 2.10. The van der Waals surface area contributed by atoms with Gasteiger partial charge in [0.2, 0.25) is 0 Å². The Morgan fingerprint density at radius 2 is 2.13 bits per heavy atom. The van der Waals surface area contributed by atoms with Crippen molar-refractivity contribution in [1.82, 2.24) is 5.32 Å². The van der Waals surface area contributed by atoms with Crippen LogP contribution in [0.3, 0.4) is 0 Å². The maximum absolute atomic E-state index is 5.44. The Balaban J connectivity index is 3.00. The maximum atomic E-state index is 5.44. The normalized spacial score (nSPS) is 12.2. The van der Waals surface area contributed by atoms with Crippen LogP contribution >= 0.6 is 0 Å².